The number of quaternary nitrogens is 1. The van der Waals surface area contributed by atoms with Crippen molar-refractivity contribution in [2.24, 2.45) is 0 Å². The van der Waals surface area contributed by atoms with E-state index < -0.39 is 14.9 Å². The minimum atomic E-state index is -3.55. The first kappa shape index (κ1) is 21.4. The van der Waals surface area contributed by atoms with Crippen LogP contribution in [-0.4, -0.2) is 53.6 Å². The van der Waals surface area contributed by atoms with Crippen LogP contribution in [0.1, 0.15) is 28.1 Å². The Morgan fingerprint density at radius 1 is 1.10 bits per heavy atom. The normalized spacial score (nSPS) is 16.3. The molecule has 0 bridgehead atoms. The van der Waals surface area contributed by atoms with Gasteiger partial charge in [-0.3, -0.25) is 10.1 Å². The van der Waals surface area contributed by atoms with Gasteiger partial charge < -0.3 is 4.90 Å². The van der Waals surface area contributed by atoms with Crippen LogP contribution in [-0.2, 0) is 16.7 Å². The van der Waals surface area contributed by atoms with E-state index in [4.69, 9.17) is 0 Å². The van der Waals surface area contributed by atoms with Gasteiger partial charge in [-0.1, -0.05) is 17.7 Å². The summed E-state index contributed by atoms with van der Waals surface area (Å²) in [7, 11) is -3.55. The highest BCUT2D eigenvalue weighted by molar-refractivity contribution is 7.89. The van der Waals surface area contributed by atoms with E-state index in [-0.39, 0.29) is 5.69 Å². The Morgan fingerprint density at radius 3 is 2.14 bits per heavy atom. The first-order valence-corrected chi connectivity index (χ1v) is 11.1. The number of piperazine rings is 1. The van der Waals surface area contributed by atoms with Crippen LogP contribution in [0.4, 0.5) is 5.69 Å². The number of nitrogens with zero attached hydrogens (tertiary/aromatic N) is 4. The summed E-state index contributed by atoms with van der Waals surface area (Å²) >= 11 is 0. The van der Waals surface area contributed by atoms with Gasteiger partial charge in [0.15, 0.2) is 6.67 Å². The fraction of sp³-hybridized carbons (Fsp3) is 0.526. The van der Waals surface area contributed by atoms with Gasteiger partial charge in [0.05, 0.1) is 36.0 Å². The Morgan fingerprint density at radius 2 is 1.66 bits per heavy atom. The number of nitrogens with one attached hydrogen (secondary N) is 1. The zero-order valence-electron chi connectivity index (χ0n) is 17.5. The minimum Gasteiger partial charge on any atom is -0.314 e. The highest BCUT2D eigenvalue weighted by atomic mass is 32.2. The molecule has 1 N–H and O–H groups in total. The van der Waals surface area contributed by atoms with Crippen molar-refractivity contribution >= 4 is 15.7 Å². The molecule has 1 aliphatic heterocycles. The van der Waals surface area contributed by atoms with Gasteiger partial charge in [0.25, 0.3) is 0 Å². The monoisotopic (exact) mass is 422 g/mol. The first-order valence-electron chi connectivity index (χ1n) is 9.62. The molecule has 0 saturated carbocycles. The lowest BCUT2D eigenvalue weighted by Gasteiger charge is -2.32. The molecular formula is C19H28N5O4S+. The lowest BCUT2D eigenvalue weighted by molar-refractivity contribution is -0.926. The topological polar surface area (TPSA) is 103 Å². The Hall–Kier alpha value is -2.30. The van der Waals surface area contributed by atoms with Gasteiger partial charge in [0.1, 0.15) is 11.4 Å². The van der Waals surface area contributed by atoms with Crippen LogP contribution >= 0.6 is 0 Å². The summed E-state index contributed by atoms with van der Waals surface area (Å²) in [5.41, 5.74) is 3.57. The van der Waals surface area contributed by atoms with Crippen LogP contribution in [0.2, 0.25) is 0 Å². The molecule has 158 valence electrons. The van der Waals surface area contributed by atoms with E-state index in [2.05, 4.69) is 5.10 Å². The van der Waals surface area contributed by atoms with Crippen molar-refractivity contribution in [1.29, 1.82) is 0 Å². The summed E-state index contributed by atoms with van der Waals surface area (Å²) in [5, 5.41) is 15.5. The summed E-state index contributed by atoms with van der Waals surface area (Å²) in [6, 6.07) is 3.80. The van der Waals surface area contributed by atoms with Crippen molar-refractivity contribution in [3.63, 3.8) is 0 Å². The number of benzene rings is 1. The van der Waals surface area contributed by atoms with Crippen LogP contribution < -0.4 is 4.90 Å². The second-order valence-electron chi connectivity index (χ2n) is 7.82. The molecule has 1 saturated heterocycles. The van der Waals surface area contributed by atoms with Crippen molar-refractivity contribution in [2.75, 3.05) is 26.2 Å². The molecule has 1 fully saturated rings. The van der Waals surface area contributed by atoms with Crippen LogP contribution in [0.25, 0.3) is 0 Å². The zero-order valence-corrected chi connectivity index (χ0v) is 18.3. The molecular weight excluding hydrogens is 394 g/mol. The predicted molar refractivity (Wildman–Crippen MR) is 108 cm³/mol. The van der Waals surface area contributed by atoms with Gasteiger partial charge >= 0.3 is 5.69 Å². The number of hydrogen-bond donors (Lipinski definition) is 1. The van der Waals surface area contributed by atoms with E-state index in [1.165, 1.54) is 0 Å². The third-order valence-corrected chi connectivity index (χ3v) is 7.74. The Balaban J connectivity index is 1.73. The van der Waals surface area contributed by atoms with Gasteiger partial charge in [-0.15, -0.1) is 0 Å². The predicted octanol–water partition coefficient (Wildman–Crippen LogP) is 0.880. The van der Waals surface area contributed by atoms with Gasteiger partial charge in [-0.2, -0.15) is 9.40 Å². The molecule has 0 unspecified atom stereocenters. The Bertz CT molecular complexity index is 1030. The van der Waals surface area contributed by atoms with Gasteiger partial charge in [-0.05, 0) is 45.7 Å². The highest BCUT2D eigenvalue weighted by Gasteiger charge is 2.33. The van der Waals surface area contributed by atoms with Crippen LogP contribution in [0.3, 0.4) is 0 Å². The van der Waals surface area contributed by atoms with E-state index in [0.29, 0.717) is 49.1 Å². The Kier molecular flexibility index (Phi) is 5.79. The second kappa shape index (κ2) is 7.85. The molecule has 9 nitrogen and oxygen atoms in total. The third kappa shape index (κ3) is 4.05. The molecule has 2 aromatic rings. The number of sulfonamides is 1. The smallest absolute Gasteiger partial charge is 0.312 e. The van der Waals surface area contributed by atoms with Crippen molar-refractivity contribution in [3.05, 3.63) is 50.3 Å². The lowest BCUT2D eigenvalue weighted by Crippen LogP contribution is -3.14. The number of hydrogen-bond acceptors (Lipinski definition) is 5. The summed E-state index contributed by atoms with van der Waals surface area (Å²) in [4.78, 5) is 12.3. The number of aromatic nitrogens is 2. The van der Waals surface area contributed by atoms with Crippen molar-refractivity contribution in [3.8, 4) is 0 Å². The van der Waals surface area contributed by atoms with Crippen LogP contribution in [0.5, 0.6) is 0 Å². The largest absolute Gasteiger partial charge is 0.314 e. The van der Waals surface area contributed by atoms with Crippen molar-refractivity contribution < 1.29 is 18.2 Å². The van der Waals surface area contributed by atoms with Crippen LogP contribution in [0.15, 0.2) is 17.0 Å². The molecule has 0 radical (unpaired) electrons. The number of aryl methyl sites for hydroxylation is 4. The molecule has 0 spiro atoms. The molecule has 0 atom stereocenters. The number of rotatable bonds is 5. The van der Waals surface area contributed by atoms with Crippen molar-refractivity contribution in [1.82, 2.24) is 14.1 Å². The average Bonchev–Trinajstić information content (AvgIpc) is 2.87. The van der Waals surface area contributed by atoms with E-state index in [0.717, 1.165) is 21.6 Å². The zero-order chi connectivity index (χ0) is 21.5. The van der Waals surface area contributed by atoms with E-state index in [1.807, 2.05) is 32.9 Å². The fourth-order valence-corrected chi connectivity index (χ4v) is 6.07. The maximum absolute atomic E-state index is 13.2. The van der Waals surface area contributed by atoms with Crippen molar-refractivity contribution in [2.45, 2.75) is 46.2 Å². The maximum atomic E-state index is 13.2. The summed E-state index contributed by atoms with van der Waals surface area (Å²) in [5.74, 6) is 0. The summed E-state index contributed by atoms with van der Waals surface area (Å²) in [6.45, 7) is 11.5. The minimum absolute atomic E-state index is 0.0518. The van der Waals surface area contributed by atoms with Gasteiger partial charge in [0, 0.05) is 0 Å². The molecule has 3 rings (SSSR count). The molecule has 1 aliphatic rings. The average molecular weight is 423 g/mol. The molecule has 10 heteroatoms. The maximum Gasteiger partial charge on any atom is 0.312 e. The lowest BCUT2D eigenvalue weighted by atomic mass is 10.1. The Labute approximate surface area is 171 Å². The molecule has 0 amide bonds. The standard InChI is InChI=1S/C19H27N5O4S/c1-13-10-14(2)19(15(3)11-13)29(27,28)22-8-6-21(7-9-22)12-23-17(5)18(24(25)26)16(4)20-23/h10-11H,6-9,12H2,1-5H3/p+1. The van der Waals surface area contributed by atoms with Gasteiger partial charge in [-0.25, -0.2) is 13.1 Å². The first-order chi connectivity index (χ1) is 13.5. The quantitative estimate of drug-likeness (QED) is 0.569. The summed E-state index contributed by atoms with van der Waals surface area (Å²) in [6.07, 6.45) is 0. The van der Waals surface area contributed by atoms with Gasteiger partial charge in [0.2, 0.25) is 10.0 Å². The molecule has 1 aromatic carbocycles. The third-order valence-electron chi connectivity index (χ3n) is 5.53. The summed E-state index contributed by atoms with van der Waals surface area (Å²) < 4.78 is 29.6. The molecule has 1 aromatic heterocycles. The van der Waals surface area contributed by atoms with Crippen LogP contribution in [0, 0.1) is 44.7 Å². The second-order valence-corrected chi connectivity index (χ2v) is 9.69. The number of nitro groups is 1. The molecule has 29 heavy (non-hydrogen) atoms. The van der Waals surface area contributed by atoms with E-state index in [1.54, 1.807) is 22.8 Å². The highest BCUT2D eigenvalue weighted by Crippen LogP contribution is 2.25. The van der Waals surface area contributed by atoms with E-state index >= 15 is 0 Å². The van der Waals surface area contributed by atoms with E-state index in [9.17, 15) is 18.5 Å². The SMILES string of the molecule is Cc1cc(C)c(S(=O)(=O)N2CC[NH+](Cn3nc(C)c([N+](=O)[O-])c3C)CC2)c(C)c1. The molecule has 0 aliphatic carbocycles. The molecule has 2 heterocycles. The fourth-order valence-electron chi connectivity index (χ4n) is 4.22.